The lowest BCUT2D eigenvalue weighted by molar-refractivity contribution is -0.124. The van der Waals surface area contributed by atoms with Crippen molar-refractivity contribution in [3.8, 4) is 11.1 Å². The van der Waals surface area contributed by atoms with E-state index in [-0.39, 0.29) is 28.5 Å². The summed E-state index contributed by atoms with van der Waals surface area (Å²) >= 11 is 0. The summed E-state index contributed by atoms with van der Waals surface area (Å²) in [7, 11) is -2.50. The van der Waals surface area contributed by atoms with Crippen molar-refractivity contribution < 1.29 is 22.7 Å². The fourth-order valence-electron chi connectivity index (χ4n) is 5.00. The molecule has 0 saturated carbocycles. The second-order valence-electron chi connectivity index (χ2n) is 10.4. The number of aromatic nitrogens is 3. The second-order valence-corrected chi connectivity index (χ2v) is 12.1. The van der Waals surface area contributed by atoms with Crippen molar-refractivity contribution in [1.29, 1.82) is 0 Å². The van der Waals surface area contributed by atoms with E-state index >= 15 is 0 Å². The van der Waals surface area contributed by atoms with Crippen LogP contribution >= 0.6 is 0 Å². The maximum atomic E-state index is 13.7. The maximum Gasteiger partial charge on any atom is 0.356 e. The van der Waals surface area contributed by atoms with Crippen LogP contribution in [0.2, 0.25) is 0 Å². The molecular weight excluding hydrogens is 594 g/mol. The highest BCUT2D eigenvalue weighted by molar-refractivity contribution is 7.92. The quantitative estimate of drug-likeness (QED) is 0.218. The first-order valence-electron chi connectivity index (χ1n) is 14.1. The lowest BCUT2D eigenvalue weighted by atomic mass is 9.97. The van der Waals surface area contributed by atoms with Crippen molar-refractivity contribution >= 4 is 44.3 Å². The van der Waals surface area contributed by atoms with Crippen LogP contribution in [-0.4, -0.2) is 40.9 Å². The van der Waals surface area contributed by atoms with Gasteiger partial charge in [0.05, 0.1) is 4.90 Å². The Labute approximate surface area is 260 Å². The summed E-state index contributed by atoms with van der Waals surface area (Å²) in [5.41, 5.74) is 2.40. The van der Waals surface area contributed by atoms with E-state index in [0.717, 1.165) is 0 Å². The van der Waals surface area contributed by atoms with Gasteiger partial charge in [0, 0.05) is 35.1 Å². The monoisotopic (exact) mass is 625 g/mol. The molecule has 0 saturated heterocycles. The molecule has 11 nitrogen and oxygen atoms in total. The van der Waals surface area contributed by atoms with Crippen LogP contribution in [-0.2, 0) is 26.6 Å². The van der Waals surface area contributed by atoms with E-state index in [2.05, 4.69) is 20.0 Å². The molecule has 230 valence electrons. The zero-order valence-electron chi connectivity index (χ0n) is 25.1. The third-order valence-corrected chi connectivity index (χ3v) is 8.46. The Kier molecular flexibility index (Phi) is 8.77. The first kappa shape index (κ1) is 31.1. The van der Waals surface area contributed by atoms with E-state index in [1.54, 1.807) is 51.1 Å². The predicted molar refractivity (Wildman–Crippen MR) is 172 cm³/mol. The van der Waals surface area contributed by atoms with Gasteiger partial charge in [0.25, 0.3) is 21.5 Å². The Morgan fingerprint density at radius 3 is 2.11 bits per heavy atom. The number of nitrogens with zero attached hydrogens (tertiary/aromatic N) is 3. The number of nitrogens with one attached hydrogen (secondary N) is 2. The molecule has 0 radical (unpaired) electrons. The van der Waals surface area contributed by atoms with Crippen molar-refractivity contribution in [2.75, 3.05) is 10.0 Å². The summed E-state index contributed by atoms with van der Waals surface area (Å²) in [6.45, 7) is 5.15. The highest BCUT2D eigenvalue weighted by Crippen LogP contribution is 2.31. The molecule has 0 fully saturated rings. The number of hydrogen-bond acceptors (Lipinski definition) is 8. The van der Waals surface area contributed by atoms with Crippen LogP contribution in [0.25, 0.3) is 21.9 Å². The van der Waals surface area contributed by atoms with Gasteiger partial charge in [-0.2, -0.15) is 0 Å². The number of aryl methyl sites for hydroxylation is 2. The Balaban J connectivity index is 1.37. The Morgan fingerprint density at radius 2 is 1.49 bits per heavy atom. The van der Waals surface area contributed by atoms with Gasteiger partial charge in [-0.05, 0) is 67.6 Å². The minimum absolute atomic E-state index is 0.0194. The number of anilines is 2. The van der Waals surface area contributed by atoms with Crippen molar-refractivity contribution in [2.24, 2.45) is 7.05 Å². The van der Waals surface area contributed by atoms with Crippen LogP contribution in [0, 0.1) is 13.8 Å². The molecule has 2 N–H and O–H groups in total. The van der Waals surface area contributed by atoms with Gasteiger partial charge in [0.15, 0.2) is 6.10 Å². The van der Waals surface area contributed by atoms with Crippen LogP contribution < -0.4 is 15.6 Å². The predicted octanol–water partition coefficient (Wildman–Crippen LogP) is 4.99. The molecule has 2 aromatic heterocycles. The van der Waals surface area contributed by atoms with E-state index in [9.17, 15) is 22.8 Å². The number of pyridine rings is 1. The van der Waals surface area contributed by atoms with Crippen LogP contribution in [0.15, 0.2) is 94.6 Å². The number of fused-ring (bicyclic) bond motifs is 1. The number of rotatable bonds is 9. The second kappa shape index (κ2) is 12.7. The van der Waals surface area contributed by atoms with Gasteiger partial charge in [0.2, 0.25) is 5.95 Å². The summed E-state index contributed by atoms with van der Waals surface area (Å²) in [6, 6.07) is 23.4. The molecule has 5 aromatic rings. The fraction of sp³-hybridized carbons (Fsp3) is 0.182. The molecular formula is C33H31N5O6S. The topological polar surface area (TPSA) is 149 Å². The van der Waals surface area contributed by atoms with E-state index in [1.165, 1.54) is 35.9 Å². The molecule has 45 heavy (non-hydrogen) atoms. The zero-order valence-corrected chi connectivity index (χ0v) is 25.9. The van der Waals surface area contributed by atoms with Crippen molar-refractivity contribution in [2.45, 2.75) is 38.2 Å². The third kappa shape index (κ3) is 6.60. The van der Waals surface area contributed by atoms with Crippen molar-refractivity contribution in [1.82, 2.24) is 14.5 Å². The largest absolute Gasteiger partial charge is 0.448 e. The normalized spacial score (nSPS) is 12.0. The van der Waals surface area contributed by atoms with E-state index in [1.807, 2.05) is 30.3 Å². The maximum absolute atomic E-state index is 13.7. The Morgan fingerprint density at radius 1 is 0.889 bits per heavy atom. The molecule has 1 atom stereocenters. The number of carbonyl (C=O) groups excluding carboxylic acids is 2. The standard InChI is InChI=1S/C33H31N5O6S/c1-5-27(30(39)36-23-15-17-24(18-16-23)45(42,43)37-33-34-20(2)19-21(3)35-33)44-32(41)29-28(22-11-7-6-8-12-22)25-13-9-10-14-26(25)31(40)38(29)4/h6-19,27H,5H2,1-4H3,(H,36,39)(H,34,35,37). The van der Waals surface area contributed by atoms with Gasteiger partial charge >= 0.3 is 5.97 Å². The molecule has 12 heteroatoms. The summed E-state index contributed by atoms with van der Waals surface area (Å²) in [5.74, 6) is -1.49. The summed E-state index contributed by atoms with van der Waals surface area (Å²) in [5, 5.41) is 3.70. The lowest BCUT2D eigenvalue weighted by Gasteiger charge is -2.20. The van der Waals surface area contributed by atoms with Crippen molar-refractivity contribution in [3.63, 3.8) is 0 Å². The summed E-state index contributed by atoms with van der Waals surface area (Å²) in [4.78, 5) is 48.3. The minimum atomic E-state index is -3.99. The van der Waals surface area contributed by atoms with Crippen molar-refractivity contribution in [3.05, 3.63) is 112 Å². The molecule has 0 aliphatic rings. The first-order chi connectivity index (χ1) is 21.5. The van der Waals surface area contributed by atoms with Crippen LogP contribution in [0.5, 0.6) is 0 Å². The molecule has 1 amide bonds. The number of benzene rings is 3. The molecule has 5 rings (SSSR count). The number of ether oxygens (including phenoxy) is 1. The first-order valence-corrected chi connectivity index (χ1v) is 15.6. The Hall–Kier alpha value is -5.36. The fourth-order valence-corrected chi connectivity index (χ4v) is 5.94. The van der Waals surface area contributed by atoms with Gasteiger partial charge in [-0.3, -0.25) is 9.59 Å². The van der Waals surface area contributed by atoms with Gasteiger partial charge < -0.3 is 14.6 Å². The molecule has 0 aliphatic heterocycles. The van der Waals surface area contributed by atoms with Gasteiger partial charge in [0.1, 0.15) is 5.69 Å². The molecule has 2 heterocycles. The molecule has 0 spiro atoms. The zero-order chi connectivity index (χ0) is 32.3. The van der Waals surface area contributed by atoms with Crippen LogP contribution in [0.4, 0.5) is 11.6 Å². The molecule has 0 bridgehead atoms. The molecule has 0 aliphatic carbocycles. The summed E-state index contributed by atoms with van der Waals surface area (Å²) < 4.78 is 35.0. The van der Waals surface area contributed by atoms with Gasteiger partial charge in [-0.15, -0.1) is 0 Å². The minimum Gasteiger partial charge on any atom is -0.448 e. The Bertz CT molecular complexity index is 2060. The van der Waals surface area contributed by atoms with E-state index in [0.29, 0.717) is 39.0 Å². The highest BCUT2D eigenvalue weighted by Gasteiger charge is 2.28. The lowest BCUT2D eigenvalue weighted by Crippen LogP contribution is -2.34. The molecule has 3 aromatic carbocycles. The smallest absolute Gasteiger partial charge is 0.356 e. The van der Waals surface area contributed by atoms with Crippen LogP contribution in [0.3, 0.4) is 0 Å². The average molecular weight is 626 g/mol. The number of amides is 1. The number of hydrogen-bond donors (Lipinski definition) is 2. The van der Waals surface area contributed by atoms with E-state index in [4.69, 9.17) is 4.74 Å². The van der Waals surface area contributed by atoms with Gasteiger partial charge in [-0.25, -0.2) is 27.9 Å². The average Bonchev–Trinajstić information content (AvgIpc) is 3.01. The number of esters is 1. The van der Waals surface area contributed by atoms with E-state index < -0.39 is 28.0 Å². The van der Waals surface area contributed by atoms with Crippen LogP contribution in [0.1, 0.15) is 35.2 Å². The SMILES string of the molecule is CCC(OC(=O)c1c(-c2ccccc2)c2ccccc2c(=O)n1C)C(=O)Nc1ccc(S(=O)(=O)Nc2nc(C)cc(C)n2)cc1. The number of sulfonamides is 1. The van der Waals surface area contributed by atoms with Gasteiger partial charge in [-0.1, -0.05) is 55.5 Å². The molecule has 1 unspecified atom stereocenters. The third-order valence-electron chi connectivity index (χ3n) is 7.11. The number of carbonyl (C=O) groups is 2. The summed E-state index contributed by atoms with van der Waals surface area (Å²) in [6.07, 6.45) is -1.05. The highest BCUT2D eigenvalue weighted by atomic mass is 32.2.